The van der Waals surface area contributed by atoms with Crippen molar-refractivity contribution in [3.63, 3.8) is 0 Å². The Bertz CT molecular complexity index is 493. The van der Waals surface area contributed by atoms with Crippen LogP contribution in [0.3, 0.4) is 0 Å². The summed E-state index contributed by atoms with van der Waals surface area (Å²) in [5.74, 6) is 0. The third-order valence-corrected chi connectivity index (χ3v) is 3.61. The zero-order chi connectivity index (χ0) is 11.4. The molecule has 2 aromatic carbocycles. The molecule has 2 heteroatoms. The van der Waals surface area contributed by atoms with Gasteiger partial charge in [-0.05, 0) is 22.9 Å². The van der Waals surface area contributed by atoms with E-state index in [9.17, 15) is 4.79 Å². The summed E-state index contributed by atoms with van der Waals surface area (Å²) < 4.78 is 0. The Morgan fingerprint density at radius 3 is 2.69 bits per heavy atom. The number of rotatable bonds is 4. The Balaban J connectivity index is 2.22. The molecule has 0 aliphatic rings. The summed E-state index contributed by atoms with van der Waals surface area (Å²) in [5, 5.41) is 2.86. The maximum Gasteiger partial charge on any atom is 0.121 e. The van der Waals surface area contributed by atoms with E-state index in [1.807, 2.05) is 12.1 Å². The number of hydrogen-bond donors (Lipinski definition) is 0. The average Bonchev–Trinajstić information content (AvgIpc) is 2.29. The van der Waals surface area contributed by atoms with Crippen LogP contribution in [0, 0.1) is 0 Å². The maximum absolute atomic E-state index is 10.4. The van der Waals surface area contributed by atoms with Gasteiger partial charge in [-0.1, -0.05) is 37.3 Å². The summed E-state index contributed by atoms with van der Waals surface area (Å²) in [4.78, 5) is 11.6. The molecule has 0 saturated carbocycles. The Kier molecular flexibility index (Phi) is 3.62. The predicted octanol–water partition coefficient (Wildman–Crippen LogP) is 3.91. The van der Waals surface area contributed by atoms with E-state index in [1.165, 1.54) is 15.7 Å². The lowest BCUT2D eigenvalue weighted by Gasteiger charge is -2.08. The lowest BCUT2D eigenvalue weighted by atomic mass is 10.1. The molecule has 0 saturated heterocycles. The van der Waals surface area contributed by atoms with Crippen LogP contribution in [0.1, 0.15) is 13.3 Å². The molecule has 16 heavy (non-hydrogen) atoms. The Morgan fingerprint density at radius 1 is 1.19 bits per heavy atom. The van der Waals surface area contributed by atoms with Gasteiger partial charge in [0.05, 0.1) is 0 Å². The highest BCUT2D eigenvalue weighted by molar-refractivity contribution is 8.00. The van der Waals surface area contributed by atoms with Crippen LogP contribution in [0.2, 0.25) is 0 Å². The minimum atomic E-state index is 0.346. The van der Waals surface area contributed by atoms with Gasteiger partial charge in [0, 0.05) is 16.6 Å². The van der Waals surface area contributed by atoms with Crippen LogP contribution in [0.4, 0.5) is 0 Å². The summed E-state index contributed by atoms with van der Waals surface area (Å²) >= 11 is 1.75. The van der Waals surface area contributed by atoms with Crippen molar-refractivity contribution in [2.75, 3.05) is 0 Å². The highest BCUT2D eigenvalue weighted by Crippen LogP contribution is 2.27. The number of thioether (sulfide) groups is 1. The third kappa shape index (κ3) is 2.64. The third-order valence-electron chi connectivity index (χ3n) is 2.49. The highest BCUT2D eigenvalue weighted by Gasteiger charge is 2.04. The van der Waals surface area contributed by atoms with E-state index in [2.05, 4.69) is 37.3 Å². The molecule has 82 valence electrons. The molecule has 0 bridgehead atoms. The molecule has 1 nitrogen and oxygen atoms in total. The van der Waals surface area contributed by atoms with E-state index >= 15 is 0 Å². The van der Waals surface area contributed by atoms with Crippen molar-refractivity contribution in [2.24, 2.45) is 0 Å². The van der Waals surface area contributed by atoms with E-state index in [0.29, 0.717) is 11.7 Å². The predicted molar refractivity (Wildman–Crippen MR) is 69.9 cm³/mol. The van der Waals surface area contributed by atoms with Gasteiger partial charge in [0.2, 0.25) is 0 Å². The van der Waals surface area contributed by atoms with Gasteiger partial charge in [-0.2, -0.15) is 0 Å². The molecule has 0 radical (unpaired) electrons. The molecule has 0 aliphatic carbocycles. The van der Waals surface area contributed by atoms with Crippen LogP contribution in [0.5, 0.6) is 0 Å². The van der Waals surface area contributed by atoms with Gasteiger partial charge >= 0.3 is 0 Å². The summed E-state index contributed by atoms with van der Waals surface area (Å²) in [6.45, 7) is 2.08. The largest absolute Gasteiger partial charge is 0.303 e. The number of aldehydes is 1. The van der Waals surface area contributed by atoms with Gasteiger partial charge in [0.1, 0.15) is 6.29 Å². The van der Waals surface area contributed by atoms with Crippen molar-refractivity contribution in [2.45, 2.75) is 23.5 Å². The topological polar surface area (TPSA) is 17.1 Å². The monoisotopic (exact) mass is 230 g/mol. The van der Waals surface area contributed by atoms with Gasteiger partial charge < -0.3 is 4.79 Å². The number of hydrogen-bond acceptors (Lipinski definition) is 2. The van der Waals surface area contributed by atoms with E-state index in [-0.39, 0.29) is 0 Å². The average molecular weight is 230 g/mol. The second-order valence-corrected chi connectivity index (χ2v) is 5.35. The molecule has 0 aliphatic heterocycles. The van der Waals surface area contributed by atoms with Gasteiger partial charge in [0.15, 0.2) is 0 Å². The fraction of sp³-hybridized carbons (Fsp3) is 0.214. The summed E-state index contributed by atoms with van der Waals surface area (Å²) in [6, 6.07) is 14.7. The van der Waals surface area contributed by atoms with Crippen LogP contribution in [-0.4, -0.2) is 11.5 Å². The molecule has 1 atom stereocenters. The van der Waals surface area contributed by atoms with Gasteiger partial charge in [0.25, 0.3) is 0 Å². The summed E-state index contributed by atoms with van der Waals surface area (Å²) in [5.41, 5.74) is 0. The smallest absolute Gasteiger partial charge is 0.121 e. The molecule has 1 unspecified atom stereocenters. The SMILES string of the molecule is CC(CC=O)Sc1ccc2ccccc2c1. The molecule has 0 amide bonds. The first-order valence-corrected chi connectivity index (χ1v) is 6.26. The number of carbonyl (C=O) groups excluding carboxylic acids is 1. The Labute approximate surface area is 99.9 Å². The minimum Gasteiger partial charge on any atom is -0.303 e. The van der Waals surface area contributed by atoms with Crippen molar-refractivity contribution >= 4 is 28.8 Å². The molecule has 0 heterocycles. The minimum absolute atomic E-state index is 0.346. The first-order chi connectivity index (χ1) is 7.79. The van der Waals surface area contributed by atoms with Crippen LogP contribution in [-0.2, 0) is 4.79 Å². The van der Waals surface area contributed by atoms with E-state index in [4.69, 9.17) is 0 Å². The highest BCUT2D eigenvalue weighted by atomic mass is 32.2. The normalized spacial score (nSPS) is 12.6. The quantitative estimate of drug-likeness (QED) is 0.585. The van der Waals surface area contributed by atoms with E-state index in [0.717, 1.165) is 6.29 Å². The fourth-order valence-corrected chi connectivity index (χ4v) is 2.64. The number of carbonyl (C=O) groups is 1. The number of benzene rings is 2. The Hall–Kier alpha value is -1.28. The molecule has 0 fully saturated rings. The number of fused-ring (bicyclic) bond motifs is 1. The maximum atomic E-state index is 10.4. The molecular weight excluding hydrogens is 216 g/mol. The zero-order valence-corrected chi connectivity index (χ0v) is 10.0. The lowest BCUT2D eigenvalue weighted by Crippen LogP contribution is -1.95. The summed E-state index contributed by atoms with van der Waals surface area (Å²) in [7, 11) is 0. The molecule has 0 spiro atoms. The van der Waals surface area contributed by atoms with Crippen molar-refractivity contribution in [1.82, 2.24) is 0 Å². The molecule has 0 aromatic heterocycles. The van der Waals surface area contributed by atoms with Gasteiger partial charge in [-0.3, -0.25) is 0 Å². The standard InChI is InChI=1S/C14H14OS/c1-11(8-9-15)16-14-7-6-12-4-2-3-5-13(12)10-14/h2-7,9-11H,8H2,1H3. The molecule has 0 N–H and O–H groups in total. The van der Waals surface area contributed by atoms with Gasteiger partial charge in [-0.15, -0.1) is 11.8 Å². The van der Waals surface area contributed by atoms with Crippen LogP contribution in [0.25, 0.3) is 10.8 Å². The van der Waals surface area contributed by atoms with Crippen LogP contribution < -0.4 is 0 Å². The fourth-order valence-electron chi connectivity index (χ4n) is 1.66. The second kappa shape index (κ2) is 5.17. The van der Waals surface area contributed by atoms with Crippen molar-refractivity contribution in [1.29, 1.82) is 0 Å². The molecule has 2 rings (SSSR count). The van der Waals surface area contributed by atoms with Crippen molar-refractivity contribution in [3.05, 3.63) is 42.5 Å². The van der Waals surface area contributed by atoms with E-state index in [1.54, 1.807) is 11.8 Å². The van der Waals surface area contributed by atoms with E-state index < -0.39 is 0 Å². The zero-order valence-electron chi connectivity index (χ0n) is 9.22. The second-order valence-electron chi connectivity index (χ2n) is 3.84. The van der Waals surface area contributed by atoms with Gasteiger partial charge in [-0.25, -0.2) is 0 Å². The lowest BCUT2D eigenvalue weighted by molar-refractivity contribution is -0.107. The molecule has 2 aromatic rings. The first-order valence-electron chi connectivity index (χ1n) is 5.38. The van der Waals surface area contributed by atoms with Crippen molar-refractivity contribution < 1.29 is 4.79 Å². The van der Waals surface area contributed by atoms with Crippen LogP contribution in [0.15, 0.2) is 47.4 Å². The molecular formula is C14H14OS. The summed E-state index contributed by atoms with van der Waals surface area (Å²) in [6.07, 6.45) is 1.59. The Morgan fingerprint density at radius 2 is 1.94 bits per heavy atom. The van der Waals surface area contributed by atoms with Crippen LogP contribution >= 0.6 is 11.8 Å². The van der Waals surface area contributed by atoms with Crippen molar-refractivity contribution in [3.8, 4) is 0 Å². The first kappa shape index (κ1) is 11.2.